The van der Waals surface area contributed by atoms with E-state index in [1.807, 2.05) is 12.1 Å². The topological polar surface area (TPSA) is 63.9 Å². The van der Waals surface area contributed by atoms with Gasteiger partial charge in [-0.1, -0.05) is 6.42 Å². The molecule has 6 nitrogen and oxygen atoms in total. The summed E-state index contributed by atoms with van der Waals surface area (Å²) in [5, 5.41) is 3.92. The maximum absolute atomic E-state index is 12.7. The lowest BCUT2D eigenvalue weighted by Gasteiger charge is -2.36. The molecule has 0 bridgehead atoms. The van der Waals surface area contributed by atoms with Gasteiger partial charge >= 0.3 is 0 Å². The molecule has 3 aromatic rings. The molecule has 0 unspecified atom stereocenters. The standard InChI is InChI=1S/C24H28N2O4S/c1-16-14-19(24(31-16)25-23(27)20-8-7-13-30-20)22(26-11-5-4-6-12-26)18-10-9-17(28-2)15-21(18)29-3/h7-10,13-15,22H,4-6,11-12H2,1-3H3,(H,25,27)/t22-/m1/s1. The van der Waals surface area contributed by atoms with Gasteiger partial charge in [-0.25, -0.2) is 0 Å². The number of carbonyl (C=O) groups excluding carboxylic acids is 1. The first-order chi connectivity index (χ1) is 15.1. The Kier molecular flexibility index (Phi) is 6.63. The fourth-order valence-electron chi connectivity index (χ4n) is 4.19. The van der Waals surface area contributed by atoms with E-state index in [1.54, 1.807) is 37.7 Å². The van der Waals surface area contributed by atoms with Crippen molar-refractivity contribution in [3.8, 4) is 11.5 Å². The van der Waals surface area contributed by atoms with Crippen LogP contribution in [0.15, 0.2) is 47.1 Å². The third-order valence-electron chi connectivity index (χ3n) is 5.64. The summed E-state index contributed by atoms with van der Waals surface area (Å²) < 4.78 is 16.5. The minimum Gasteiger partial charge on any atom is -0.497 e. The molecule has 31 heavy (non-hydrogen) atoms. The average molecular weight is 441 g/mol. The number of ether oxygens (including phenoxy) is 2. The highest BCUT2D eigenvalue weighted by molar-refractivity contribution is 7.16. The molecule has 4 rings (SSSR count). The minimum atomic E-state index is -0.243. The van der Waals surface area contributed by atoms with Crippen molar-refractivity contribution in [3.05, 3.63) is 64.4 Å². The van der Waals surface area contributed by atoms with Crippen LogP contribution < -0.4 is 14.8 Å². The number of likely N-dealkylation sites (tertiary alicyclic amines) is 1. The lowest BCUT2D eigenvalue weighted by atomic mass is 9.95. The first kappa shape index (κ1) is 21.5. The summed E-state index contributed by atoms with van der Waals surface area (Å²) in [6, 6.07) is 11.5. The third kappa shape index (κ3) is 4.62. The van der Waals surface area contributed by atoms with Gasteiger partial charge in [0.1, 0.15) is 16.5 Å². The number of piperidine rings is 1. The predicted molar refractivity (Wildman–Crippen MR) is 123 cm³/mol. The van der Waals surface area contributed by atoms with Crippen molar-refractivity contribution in [1.29, 1.82) is 0 Å². The van der Waals surface area contributed by atoms with Crippen LogP contribution in [-0.4, -0.2) is 38.1 Å². The SMILES string of the molecule is COc1ccc([C@H](c2cc(C)sc2NC(=O)c2ccco2)N2CCCCC2)c(OC)c1. The van der Waals surface area contributed by atoms with Crippen LogP contribution >= 0.6 is 11.3 Å². The van der Waals surface area contributed by atoms with E-state index < -0.39 is 0 Å². The van der Waals surface area contributed by atoms with Crippen molar-refractivity contribution in [2.24, 2.45) is 0 Å². The molecule has 1 atom stereocenters. The summed E-state index contributed by atoms with van der Waals surface area (Å²) in [6.07, 6.45) is 5.07. The summed E-state index contributed by atoms with van der Waals surface area (Å²) >= 11 is 1.58. The highest BCUT2D eigenvalue weighted by Crippen LogP contribution is 2.43. The molecule has 0 spiro atoms. The largest absolute Gasteiger partial charge is 0.497 e. The number of hydrogen-bond donors (Lipinski definition) is 1. The number of nitrogens with one attached hydrogen (secondary N) is 1. The number of rotatable bonds is 7. The number of carbonyl (C=O) groups is 1. The Bertz CT molecular complexity index is 1020. The zero-order valence-corrected chi connectivity index (χ0v) is 19.0. The average Bonchev–Trinajstić information content (AvgIpc) is 3.45. The Morgan fingerprint density at radius 2 is 1.90 bits per heavy atom. The van der Waals surface area contributed by atoms with Crippen molar-refractivity contribution in [1.82, 2.24) is 4.90 Å². The van der Waals surface area contributed by atoms with E-state index in [0.29, 0.717) is 5.76 Å². The third-order valence-corrected chi connectivity index (χ3v) is 6.62. The van der Waals surface area contributed by atoms with Gasteiger partial charge in [0.15, 0.2) is 5.76 Å². The van der Waals surface area contributed by atoms with Crippen LogP contribution in [0.1, 0.15) is 51.9 Å². The molecular weight excluding hydrogens is 412 g/mol. The molecule has 0 saturated carbocycles. The molecule has 1 saturated heterocycles. The number of methoxy groups -OCH3 is 2. The Balaban J connectivity index is 1.77. The van der Waals surface area contributed by atoms with Crippen LogP contribution in [0.3, 0.4) is 0 Å². The van der Waals surface area contributed by atoms with E-state index in [4.69, 9.17) is 13.9 Å². The van der Waals surface area contributed by atoms with Crippen molar-refractivity contribution in [3.63, 3.8) is 0 Å². The Morgan fingerprint density at radius 1 is 1.10 bits per heavy atom. The maximum Gasteiger partial charge on any atom is 0.291 e. The second-order valence-corrected chi connectivity index (χ2v) is 8.94. The highest BCUT2D eigenvalue weighted by Gasteiger charge is 2.30. The van der Waals surface area contributed by atoms with Crippen LogP contribution in [0, 0.1) is 6.92 Å². The Labute approximate surface area is 186 Å². The molecule has 1 aliphatic heterocycles. The smallest absolute Gasteiger partial charge is 0.291 e. The number of nitrogens with zero attached hydrogens (tertiary/aromatic N) is 1. The molecule has 164 valence electrons. The van der Waals surface area contributed by atoms with Gasteiger partial charge in [0.25, 0.3) is 5.91 Å². The molecule has 2 aromatic heterocycles. The van der Waals surface area contributed by atoms with Gasteiger partial charge in [0, 0.05) is 22.1 Å². The molecule has 0 aliphatic carbocycles. The van der Waals surface area contributed by atoms with Crippen LogP contribution in [0.4, 0.5) is 5.00 Å². The lowest BCUT2D eigenvalue weighted by molar-refractivity contribution is 0.0996. The monoisotopic (exact) mass is 440 g/mol. The number of benzene rings is 1. The van der Waals surface area contributed by atoms with E-state index in [1.165, 1.54) is 12.7 Å². The minimum absolute atomic E-state index is 0.0296. The Hall–Kier alpha value is -2.77. The second kappa shape index (κ2) is 9.58. The number of aryl methyl sites for hydroxylation is 1. The van der Waals surface area contributed by atoms with Crippen molar-refractivity contribution < 1.29 is 18.7 Å². The molecular formula is C24H28N2O4S. The molecule has 1 fully saturated rings. The van der Waals surface area contributed by atoms with Crippen LogP contribution in [0.2, 0.25) is 0 Å². The van der Waals surface area contributed by atoms with E-state index in [9.17, 15) is 4.79 Å². The van der Waals surface area contributed by atoms with Crippen LogP contribution in [-0.2, 0) is 0 Å². The fourth-order valence-corrected chi connectivity index (χ4v) is 5.13. The number of anilines is 1. The molecule has 1 aliphatic rings. The summed E-state index contributed by atoms with van der Waals surface area (Å²) in [5.41, 5.74) is 2.14. The van der Waals surface area contributed by atoms with Crippen molar-refractivity contribution in [2.45, 2.75) is 32.2 Å². The molecule has 1 aromatic carbocycles. The normalized spacial score (nSPS) is 15.5. The number of hydrogen-bond acceptors (Lipinski definition) is 6. The number of amides is 1. The van der Waals surface area contributed by atoms with Crippen molar-refractivity contribution >= 4 is 22.2 Å². The van der Waals surface area contributed by atoms with Gasteiger partial charge in [-0.15, -0.1) is 11.3 Å². The quantitative estimate of drug-likeness (QED) is 0.526. The summed E-state index contributed by atoms with van der Waals surface area (Å²) in [6.45, 7) is 4.07. The maximum atomic E-state index is 12.7. The lowest BCUT2D eigenvalue weighted by Crippen LogP contribution is -2.34. The van der Waals surface area contributed by atoms with Crippen LogP contribution in [0.25, 0.3) is 0 Å². The van der Waals surface area contributed by atoms with Gasteiger partial charge in [-0.2, -0.15) is 0 Å². The van der Waals surface area contributed by atoms with Crippen molar-refractivity contribution in [2.75, 3.05) is 32.6 Å². The van der Waals surface area contributed by atoms with E-state index in [0.717, 1.165) is 58.4 Å². The van der Waals surface area contributed by atoms with E-state index >= 15 is 0 Å². The first-order valence-electron chi connectivity index (χ1n) is 10.5. The molecule has 0 radical (unpaired) electrons. The summed E-state index contributed by atoms with van der Waals surface area (Å²) in [7, 11) is 3.34. The summed E-state index contributed by atoms with van der Waals surface area (Å²) in [4.78, 5) is 16.3. The van der Waals surface area contributed by atoms with Gasteiger partial charge in [0.2, 0.25) is 0 Å². The zero-order valence-electron chi connectivity index (χ0n) is 18.1. The van der Waals surface area contributed by atoms with Gasteiger partial charge < -0.3 is 19.2 Å². The van der Waals surface area contributed by atoms with Gasteiger partial charge in [0.05, 0.1) is 26.5 Å². The Morgan fingerprint density at radius 3 is 2.58 bits per heavy atom. The molecule has 1 N–H and O–H groups in total. The molecule has 1 amide bonds. The number of thiophene rings is 1. The van der Waals surface area contributed by atoms with Crippen LogP contribution in [0.5, 0.6) is 11.5 Å². The first-order valence-corrected chi connectivity index (χ1v) is 11.3. The van der Waals surface area contributed by atoms with Gasteiger partial charge in [-0.05, 0) is 63.2 Å². The predicted octanol–water partition coefficient (Wildman–Crippen LogP) is 5.49. The molecule has 3 heterocycles. The zero-order chi connectivity index (χ0) is 21.8. The summed E-state index contributed by atoms with van der Waals surface area (Å²) in [5.74, 6) is 1.59. The number of furan rings is 1. The second-order valence-electron chi connectivity index (χ2n) is 7.68. The molecule has 7 heteroatoms. The highest BCUT2D eigenvalue weighted by atomic mass is 32.1. The fraction of sp³-hybridized carbons (Fsp3) is 0.375. The van der Waals surface area contributed by atoms with E-state index in [-0.39, 0.29) is 11.9 Å². The van der Waals surface area contributed by atoms with Gasteiger partial charge in [-0.3, -0.25) is 9.69 Å². The van der Waals surface area contributed by atoms with E-state index in [2.05, 4.69) is 29.3 Å².